The summed E-state index contributed by atoms with van der Waals surface area (Å²) in [5.41, 5.74) is 0.797. The Hall–Kier alpha value is -1.36. The van der Waals surface area contributed by atoms with Crippen molar-refractivity contribution >= 4 is 21.6 Å². The van der Waals surface area contributed by atoms with Crippen molar-refractivity contribution in [3.63, 3.8) is 0 Å². The number of rotatable bonds is 0. The number of fused-ring (bicyclic) bond motifs is 3. The number of hydrogen-bond donors (Lipinski definition) is 0. The van der Waals surface area contributed by atoms with Crippen molar-refractivity contribution in [2.24, 2.45) is 14.1 Å². The zero-order valence-electron chi connectivity index (χ0n) is 9.24. The van der Waals surface area contributed by atoms with Gasteiger partial charge in [-0.3, -0.25) is 13.9 Å². The van der Waals surface area contributed by atoms with Crippen molar-refractivity contribution in [3.05, 3.63) is 31.3 Å². The normalized spacial score (nSPS) is 14.6. The molecule has 0 unspecified atom stereocenters. The summed E-state index contributed by atoms with van der Waals surface area (Å²) in [6.07, 6.45) is 3.15. The molecule has 0 bridgehead atoms. The summed E-state index contributed by atoms with van der Waals surface area (Å²) in [4.78, 5) is 26.0. The van der Waals surface area contributed by atoms with E-state index in [9.17, 15) is 9.59 Å². The van der Waals surface area contributed by atoms with E-state index in [1.165, 1.54) is 15.0 Å². The highest BCUT2D eigenvalue weighted by Gasteiger charge is 2.22. The maximum Gasteiger partial charge on any atom is 0.331 e. The van der Waals surface area contributed by atoms with Gasteiger partial charge in [-0.2, -0.15) is 0 Å². The average molecular weight is 236 g/mol. The Labute approximate surface area is 95.8 Å². The van der Waals surface area contributed by atoms with Gasteiger partial charge in [0.1, 0.15) is 4.83 Å². The second-order valence-corrected chi connectivity index (χ2v) is 5.33. The molecule has 0 fully saturated rings. The van der Waals surface area contributed by atoms with Crippen LogP contribution in [0.4, 0.5) is 0 Å². The molecule has 0 spiro atoms. The van der Waals surface area contributed by atoms with Gasteiger partial charge in [0, 0.05) is 19.0 Å². The summed E-state index contributed by atoms with van der Waals surface area (Å²) in [5.74, 6) is 0. The molecule has 0 aliphatic heterocycles. The molecule has 2 heterocycles. The Kier molecular flexibility index (Phi) is 1.89. The van der Waals surface area contributed by atoms with Crippen LogP contribution in [-0.4, -0.2) is 9.13 Å². The van der Waals surface area contributed by atoms with Crippen molar-refractivity contribution in [2.45, 2.75) is 19.3 Å². The molecule has 84 valence electrons. The first-order chi connectivity index (χ1) is 7.61. The monoisotopic (exact) mass is 236 g/mol. The Bertz CT molecular complexity index is 705. The molecule has 4 nitrogen and oxygen atoms in total. The predicted octanol–water partition coefficient (Wildman–Crippen LogP) is 0.787. The average Bonchev–Trinajstić information content (AvgIpc) is 2.82. The maximum atomic E-state index is 12.1. The maximum absolute atomic E-state index is 12.1. The summed E-state index contributed by atoms with van der Waals surface area (Å²) in [6, 6.07) is 0. The Morgan fingerprint density at radius 3 is 2.62 bits per heavy atom. The van der Waals surface area contributed by atoms with Gasteiger partial charge >= 0.3 is 5.69 Å². The van der Waals surface area contributed by atoms with Gasteiger partial charge in [-0.25, -0.2) is 4.79 Å². The molecule has 0 saturated heterocycles. The quantitative estimate of drug-likeness (QED) is 0.678. The van der Waals surface area contributed by atoms with Gasteiger partial charge < -0.3 is 0 Å². The topological polar surface area (TPSA) is 44.0 Å². The fourth-order valence-electron chi connectivity index (χ4n) is 2.41. The van der Waals surface area contributed by atoms with Crippen LogP contribution < -0.4 is 11.2 Å². The molecule has 2 aromatic heterocycles. The van der Waals surface area contributed by atoms with Crippen LogP contribution in [0.5, 0.6) is 0 Å². The third-order valence-electron chi connectivity index (χ3n) is 3.30. The zero-order valence-corrected chi connectivity index (χ0v) is 10.1. The molecule has 2 aromatic rings. The molecular formula is C11H12N2O2S. The van der Waals surface area contributed by atoms with Gasteiger partial charge in [0.25, 0.3) is 5.56 Å². The first-order valence-corrected chi connectivity index (χ1v) is 6.13. The highest BCUT2D eigenvalue weighted by Crippen LogP contribution is 2.34. The van der Waals surface area contributed by atoms with Crippen molar-refractivity contribution in [1.29, 1.82) is 0 Å². The highest BCUT2D eigenvalue weighted by molar-refractivity contribution is 7.18. The number of hydrogen-bond acceptors (Lipinski definition) is 3. The summed E-state index contributed by atoms with van der Waals surface area (Å²) < 4.78 is 2.79. The summed E-state index contributed by atoms with van der Waals surface area (Å²) >= 11 is 1.60. The van der Waals surface area contributed by atoms with E-state index in [4.69, 9.17) is 0 Å². The van der Waals surface area contributed by atoms with Gasteiger partial charge in [0.05, 0.1) is 5.39 Å². The lowest BCUT2D eigenvalue weighted by molar-refractivity contribution is 0.716. The molecule has 0 atom stereocenters. The van der Waals surface area contributed by atoms with Gasteiger partial charge in [-0.05, 0) is 24.8 Å². The predicted molar refractivity (Wildman–Crippen MR) is 64.3 cm³/mol. The molecular weight excluding hydrogens is 224 g/mol. The van der Waals surface area contributed by atoms with Crippen LogP contribution >= 0.6 is 11.3 Å². The number of aromatic nitrogens is 2. The van der Waals surface area contributed by atoms with Gasteiger partial charge in [-0.1, -0.05) is 0 Å². The Morgan fingerprint density at radius 2 is 1.88 bits per heavy atom. The van der Waals surface area contributed by atoms with Crippen LogP contribution in [-0.2, 0) is 26.9 Å². The lowest BCUT2D eigenvalue weighted by atomic mass is 10.2. The SMILES string of the molecule is Cn1c(=O)c2c3c(sc2n(C)c1=O)CCC3. The Balaban J connectivity index is 2.62. The molecule has 0 N–H and O–H groups in total. The number of nitrogens with zero attached hydrogens (tertiary/aromatic N) is 2. The van der Waals surface area contributed by atoms with E-state index in [2.05, 4.69) is 0 Å². The largest absolute Gasteiger partial charge is 0.331 e. The van der Waals surface area contributed by atoms with Crippen LogP contribution in [0, 0.1) is 0 Å². The van der Waals surface area contributed by atoms with Crippen molar-refractivity contribution in [3.8, 4) is 0 Å². The van der Waals surface area contributed by atoms with E-state index >= 15 is 0 Å². The fourth-order valence-corrected chi connectivity index (χ4v) is 3.75. The molecule has 0 amide bonds. The third kappa shape index (κ3) is 1.04. The molecule has 1 aliphatic carbocycles. The summed E-state index contributed by atoms with van der Waals surface area (Å²) in [7, 11) is 3.28. The molecule has 0 aromatic carbocycles. The smallest absolute Gasteiger partial charge is 0.287 e. The van der Waals surface area contributed by atoms with Crippen LogP contribution in [0.2, 0.25) is 0 Å². The van der Waals surface area contributed by atoms with Crippen molar-refractivity contribution in [1.82, 2.24) is 9.13 Å². The van der Waals surface area contributed by atoms with Gasteiger partial charge in [0.15, 0.2) is 0 Å². The number of aryl methyl sites for hydroxylation is 3. The van der Waals surface area contributed by atoms with E-state index < -0.39 is 0 Å². The second kappa shape index (κ2) is 3.07. The molecule has 0 radical (unpaired) electrons. The van der Waals surface area contributed by atoms with E-state index in [1.54, 1.807) is 30.0 Å². The van der Waals surface area contributed by atoms with E-state index in [0.29, 0.717) is 0 Å². The van der Waals surface area contributed by atoms with Crippen molar-refractivity contribution in [2.75, 3.05) is 0 Å². The number of thiophene rings is 1. The van der Waals surface area contributed by atoms with E-state index in [0.717, 1.165) is 29.5 Å². The fraction of sp³-hybridized carbons (Fsp3) is 0.455. The first kappa shape index (κ1) is 9.84. The summed E-state index contributed by atoms with van der Waals surface area (Å²) in [6.45, 7) is 0. The van der Waals surface area contributed by atoms with Crippen LogP contribution in [0.15, 0.2) is 9.59 Å². The third-order valence-corrected chi connectivity index (χ3v) is 4.67. The Morgan fingerprint density at radius 1 is 1.12 bits per heavy atom. The molecule has 1 aliphatic rings. The van der Waals surface area contributed by atoms with Gasteiger partial charge in [-0.15, -0.1) is 11.3 Å². The van der Waals surface area contributed by atoms with Crippen LogP contribution in [0.25, 0.3) is 10.2 Å². The lowest BCUT2D eigenvalue weighted by Crippen LogP contribution is -2.36. The summed E-state index contributed by atoms with van der Waals surface area (Å²) in [5, 5.41) is 0.766. The first-order valence-electron chi connectivity index (χ1n) is 5.31. The van der Waals surface area contributed by atoms with E-state index in [-0.39, 0.29) is 11.2 Å². The van der Waals surface area contributed by atoms with E-state index in [1.807, 2.05) is 0 Å². The second-order valence-electron chi connectivity index (χ2n) is 4.24. The van der Waals surface area contributed by atoms with Crippen molar-refractivity contribution < 1.29 is 0 Å². The zero-order chi connectivity index (χ0) is 11.4. The minimum absolute atomic E-state index is 0.141. The standard InChI is InChI=1S/C11H12N2O2S/c1-12-9(14)8-6-4-3-5-7(6)16-10(8)13(2)11(12)15/h3-5H2,1-2H3. The molecule has 0 saturated carbocycles. The minimum Gasteiger partial charge on any atom is -0.287 e. The van der Waals surface area contributed by atoms with Crippen LogP contribution in [0.3, 0.4) is 0 Å². The molecule has 3 rings (SSSR count). The molecule has 16 heavy (non-hydrogen) atoms. The molecule has 5 heteroatoms. The van der Waals surface area contributed by atoms with Gasteiger partial charge in [0.2, 0.25) is 0 Å². The van der Waals surface area contributed by atoms with Crippen LogP contribution in [0.1, 0.15) is 16.9 Å². The minimum atomic E-state index is -0.238. The lowest BCUT2D eigenvalue weighted by Gasteiger charge is -2.03. The highest BCUT2D eigenvalue weighted by atomic mass is 32.1.